The van der Waals surface area contributed by atoms with Gasteiger partial charge >= 0.3 is 0 Å². The molecular formula is C21H21NO. The SMILES string of the molecule is Nc1ccc(CCCc2cccc(Oc3ccccc3)c2)cc1. The van der Waals surface area contributed by atoms with Crippen LogP contribution in [0.4, 0.5) is 5.69 Å². The van der Waals surface area contributed by atoms with E-state index in [1.165, 1.54) is 11.1 Å². The van der Waals surface area contributed by atoms with E-state index in [0.29, 0.717) is 0 Å². The highest BCUT2D eigenvalue weighted by atomic mass is 16.5. The van der Waals surface area contributed by atoms with E-state index in [-0.39, 0.29) is 0 Å². The average Bonchev–Trinajstić information content (AvgIpc) is 2.58. The highest BCUT2D eigenvalue weighted by molar-refractivity contribution is 5.39. The van der Waals surface area contributed by atoms with Crippen molar-refractivity contribution in [2.24, 2.45) is 0 Å². The molecule has 0 aliphatic carbocycles. The maximum absolute atomic E-state index is 5.88. The summed E-state index contributed by atoms with van der Waals surface area (Å²) >= 11 is 0. The zero-order valence-corrected chi connectivity index (χ0v) is 13.1. The summed E-state index contributed by atoms with van der Waals surface area (Å²) in [5, 5.41) is 0. The van der Waals surface area contributed by atoms with Gasteiger partial charge in [-0.2, -0.15) is 0 Å². The number of rotatable bonds is 6. The summed E-state index contributed by atoms with van der Waals surface area (Å²) in [6, 6.07) is 26.3. The van der Waals surface area contributed by atoms with E-state index in [2.05, 4.69) is 30.3 Å². The van der Waals surface area contributed by atoms with Crippen LogP contribution >= 0.6 is 0 Å². The molecule has 2 heteroatoms. The van der Waals surface area contributed by atoms with Gasteiger partial charge in [-0.25, -0.2) is 0 Å². The molecule has 3 aromatic carbocycles. The second-order valence-electron chi connectivity index (χ2n) is 5.66. The third-order valence-electron chi connectivity index (χ3n) is 3.79. The van der Waals surface area contributed by atoms with Gasteiger partial charge in [-0.15, -0.1) is 0 Å². The van der Waals surface area contributed by atoms with Crippen LogP contribution in [0.3, 0.4) is 0 Å². The summed E-state index contributed by atoms with van der Waals surface area (Å²) in [5.74, 6) is 1.76. The van der Waals surface area contributed by atoms with E-state index in [4.69, 9.17) is 10.5 Å². The maximum Gasteiger partial charge on any atom is 0.127 e. The molecule has 0 saturated carbocycles. The quantitative estimate of drug-likeness (QED) is 0.632. The Bertz CT molecular complexity index is 735. The van der Waals surface area contributed by atoms with Crippen LogP contribution in [-0.2, 0) is 12.8 Å². The molecule has 3 aromatic rings. The first-order valence-corrected chi connectivity index (χ1v) is 7.96. The van der Waals surface area contributed by atoms with Crippen molar-refractivity contribution in [3.8, 4) is 11.5 Å². The predicted octanol–water partition coefficient (Wildman–Crippen LogP) is 5.24. The van der Waals surface area contributed by atoms with E-state index in [1.54, 1.807) is 0 Å². The topological polar surface area (TPSA) is 35.2 Å². The monoisotopic (exact) mass is 303 g/mol. The van der Waals surface area contributed by atoms with Crippen LogP contribution in [0.2, 0.25) is 0 Å². The molecule has 0 aliphatic heterocycles. The molecular weight excluding hydrogens is 282 g/mol. The van der Waals surface area contributed by atoms with Gasteiger partial charge in [0.2, 0.25) is 0 Å². The summed E-state index contributed by atoms with van der Waals surface area (Å²) in [6.07, 6.45) is 3.21. The smallest absolute Gasteiger partial charge is 0.127 e. The third kappa shape index (κ3) is 4.62. The lowest BCUT2D eigenvalue weighted by Gasteiger charge is -2.08. The second kappa shape index (κ2) is 7.50. The standard InChI is InChI=1S/C21H21NO/c22-19-14-12-17(13-15-19)6-4-7-18-8-5-11-21(16-18)23-20-9-2-1-3-10-20/h1-3,5,8-16H,4,6-7,22H2. The van der Waals surface area contributed by atoms with Crippen LogP contribution in [0.25, 0.3) is 0 Å². The fourth-order valence-electron chi connectivity index (χ4n) is 2.57. The van der Waals surface area contributed by atoms with Gasteiger partial charge in [-0.05, 0) is 66.8 Å². The van der Waals surface area contributed by atoms with Crippen LogP contribution < -0.4 is 10.5 Å². The fourth-order valence-corrected chi connectivity index (χ4v) is 2.57. The Balaban J connectivity index is 1.56. The number of para-hydroxylation sites is 1. The maximum atomic E-state index is 5.88. The van der Waals surface area contributed by atoms with Crippen molar-refractivity contribution >= 4 is 5.69 Å². The molecule has 0 bridgehead atoms. The summed E-state index contributed by atoms with van der Waals surface area (Å²) in [5.41, 5.74) is 9.16. The molecule has 0 atom stereocenters. The number of nitrogen functional groups attached to an aromatic ring is 1. The van der Waals surface area contributed by atoms with E-state index >= 15 is 0 Å². The first kappa shape index (κ1) is 15.2. The Labute approximate surface area is 137 Å². The number of benzene rings is 3. The number of aryl methyl sites for hydroxylation is 2. The highest BCUT2D eigenvalue weighted by Crippen LogP contribution is 2.22. The van der Waals surface area contributed by atoms with Gasteiger partial charge in [-0.3, -0.25) is 0 Å². The van der Waals surface area contributed by atoms with Crippen LogP contribution in [0, 0.1) is 0 Å². The lowest BCUT2D eigenvalue weighted by molar-refractivity contribution is 0.482. The molecule has 116 valence electrons. The van der Waals surface area contributed by atoms with Crippen molar-refractivity contribution in [3.05, 3.63) is 90.0 Å². The Morgan fingerprint density at radius 2 is 1.35 bits per heavy atom. The Morgan fingerprint density at radius 1 is 0.652 bits per heavy atom. The molecule has 0 unspecified atom stereocenters. The molecule has 2 nitrogen and oxygen atoms in total. The summed E-state index contributed by atoms with van der Waals surface area (Å²) in [7, 11) is 0. The molecule has 0 aromatic heterocycles. The second-order valence-corrected chi connectivity index (χ2v) is 5.66. The lowest BCUT2D eigenvalue weighted by atomic mass is 10.0. The predicted molar refractivity (Wildman–Crippen MR) is 95.8 cm³/mol. The number of anilines is 1. The Hall–Kier alpha value is -2.74. The first-order valence-electron chi connectivity index (χ1n) is 7.96. The van der Waals surface area contributed by atoms with Gasteiger partial charge in [0, 0.05) is 5.69 Å². The van der Waals surface area contributed by atoms with E-state index < -0.39 is 0 Å². The van der Waals surface area contributed by atoms with Crippen LogP contribution in [0.5, 0.6) is 11.5 Å². The summed E-state index contributed by atoms with van der Waals surface area (Å²) < 4.78 is 5.88. The van der Waals surface area contributed by atoms with Gasteiger partial charge in [0.15, 0.2) is 0 Å². The van der Waals surface area contributed by atoms with Crippen LogP contribution in [0.1, 0.15) is 17.5 Å². The highest BCUT2D eigenvalue weighted by Gasteiger charge is 2.00. The van der Waals surface area contributed by atoms with Crippen molar-refractivity contribution in [2.45, 2.75) is 19.3 Å². The van der Waals surface area contributed by atoms with Crippen molar-refractivity contribution in [1.82, 2.24) is 0 Å². The molecule has 0 aliphatic rings. The largest absolute Gasteiger partial charge is 0.457 e. The van der Waals surface area contributed by atoms with E-state index in [0.717, 1.165) is 36.4 Å². The summed E-state index contributed by atoms with van der Waals surface area (Å²) in [4.78, 5) is 0. The van der Waals surface area contributed by atoms with Crippen molar-refractivity contribution in [1.29, 1.82) is 0 Å². The van der Waals surface area contributed by atoms with Crippen molar-refractivity contribution in [3.63, 3.8) is 0 Å². The molecule has 0 saturated heterocycles. The molecule has 2 N–H and O–H groups in total. The minimum absolute atomic E-state index is 0.819. The van der Waals surface area contributed by atoms with Gasteiger partial charge < -0.3 is 10.5 Å². The number of hydrogen-bond acceptors (Lipinski definition) is 2. The van der Waals surface area contributed by atoms with Gasteiger partial charge in [0.1, 0.15) is 11.5 Å². The molecule has 3 rings (SSSR count). The average molecular weight is 303 g/mol. The van der Waals surface area contributed by atoms with Gasteiger partial charge in [-0.1, -0.05) is 42.5 Å². The van der Waals surface area contributed by atoms with Crippen molar-refractivity contribution in [2.75, 3.05) is 5.73 Å². The van der Waals surface area contributed by atoms with Crippen LogP contribution in [-0.4, -0.2) is 0 Å². The molecule has 0 amide bonds. The minimum Gasteiger partial charge on any atom is -0.457 e. The molecule has 0 fully saturated rings. The zero-order chi connectivity index (χ0) is 15.9. The fraction of sp³-hybridized carbons (Fsp3) is 0.143. The molecule has 0 spiro atoms. The van der Waals surface area contributed by atoms with E-state index in [9.17, 15) is 0 Å². The third-order valence-corrected chi connectivity index (χ3v) is 3.79. The lowest BCUT2D eigenvalue weighted by Crippen LogP contribution is -1.92. The normalized spacial score (nSPS) is 10.4. The molecule has 0 radical (unpaired) electrons. The molecule has 23 heavy (non-hydrogen) atoms. The van der Waals surface area contributed by atoms with Crippen LogP contribution in [0.15, 0.2) is 78.9 Å². The summed E-state index contributed by atoms with van der Waals surface area (Å²) in [6.45, 7) is 0. The Kier molecular flexibility index (Phi) is 4.95. The van der Waals surface area contributed by atoms with Crippen molar-refractivity contribution < 1.29 is 4.74 Å². The van der Waals surface area contributed by atoms with E-state index in [1.807, 2.05) is 48.5 Å². The number of nitrogens with two attached hydrogens (primary N) is 1. The Morgan fingerprint density at radius 3 is 2.13 bits per heavy atom. The van der Waals surface area contributed by atoms with Gasteiger partial charge in [0.05, 0.1) is 0 Å². The molecule has 0 heterocycles. The van der Waals surface area contributed by atoms with Gasteiger partial charge in [0.25, 0.3) is 0 Å². The zero-order valence-electron chi connectivity index (χ0n) is 13.1. The minimum atomic E-state index is 0.819. The number of ether oxygens (including phenoxy) is 1. The first-order chi connectivity index (χ1) is 11.3. The number of hydrogen-bond donors (Lipinski definition) is 1.